The molecule has 1 heterocycles. The number of nitrogens with one attached hydrogen (secondary N) is 2. The number of nitrogens with zero attached hydrogens (tertiary/aromatic N) is 1. The maximum Gasteiger partial charge on any atom is 0.335 e. The number of fused-ring (bicyclic) bond motifs is 2. The average Bonchev–Trinajstić information content (AvgIpc) is 3.36. The third-order valence-corrected chi connectivity index (χ3v) is 10.5. The monoisotopic (exact) mass is 595 g/mol. The normalized spacial score (nSPS) is 30.3. The van der Waals surface area contributed by atoms with Crippen LogP contribution in [-0.2, 0) is 16.2 Å². The molecule has 0 unspecified atom stereocenters. The zero-order valence-corrected chi connectivity index (χ0v) is 25.8. The number of carboxylic acid groups (broad SMARTS) is 1. The summed E-state index contributed by atoms with van der Waals surface area (Å²) in [6, 6.07) is 9.76. The lowest BCUT2D eigenvalue weighted by atomic mass is 9.45. The highest BCUT2D eigenvalue weighted by atomic mass is 16.7. The molecule has 2 aromatic rings. The highest BCUT2D eigenvalue weighted by Crippen LogP contribution is 2.61. The minimum absolute atomic E-state index is 0.0368. The Hall–Kier alpha value is -3.18. The van der Waals surface area contributed by atoms with Gasteiger partial charge in [0.25, 0.3) is 0 Å². The van der Waals surface area contributed by atoms with Gasteiger partial charge in [0, 0.05) is 35.8 Å². The van der Waals surface area contributed by atoms with Gasteiger partial charge >= 0.3 is 5.97 Å². The van der Waals surface area contributed by atoms with Crippen molar-refractivity contribution in [1.29, 1.82) is 0 Å². The molecule has 3 aliphatic carbocycles. The summed E-state index contributed by atoms with van der Waals surface area (Å²) in [5.74, 6) is 0.0664. The number of aliphatic hydroxyl groups is 2. The Bertz CT molecular complexity index is 1360. The van der Waals surface area contributed by atoms with E-state index in [9.17, 15) is 24.9 Å². The Morgan fingerprint density at radius 3 is 2.53 bits per heavy atom. The molecular formula is C33H45N3O7. The summed E-state index contributed by atoms with van der Waals surface area (Å²) in [5.41, 5.74) is 3.11. The van der Waals surface area contributed by atoms with Gasteiger partial charge in [0.05, 0.1) is 31.9 Å². The summed E-state index contributed by atoms with van der Waals surface area (Å²) < 4.78 is 5.86. The van der Waals surface area contributed by atoms with Gasteiger partial charge in [-0.15, -0.1) is 0 Å². The first kappa shape index (κ1) is 31.3. The molecule has 10 heteroatoms. The van der Waals surface area contributed by atoms with Gasteiger partial charge in [-0.2, -0.15) is 5.06 Å². The number of hydrogen-bond acceptors (Lipinski definition) is 8. The van der Waals surface area contributed by atoms with Gasteiger partial charge in [0.1, 0.15) is 17.9 Å². The number of para-hydroxylation sites is 1. The first-order valence-corrected chi connectivity index (χ1v) is 15.2. The number of hydrogen-bond donors (Lipinski definition) is 5. The number of carboxylic acids is 1. The highest BCUT2D eigenvalue weighted by Gasteiger charge is 2.57. The Kier molecular flexibility index (Phi) is 8.77. The van der Waals surface area contributed by atoms with Crippen LogP contribution in [-0.4, -0.2) is 77.3 Å². The van der Waals surface area contributed by atoms with Crippen LogP contribution in [0.5, 0.6) is 5.75 Å². The molecule has 0 aromatic heterocycles. The van der Waals surface area contributed by atoms with Crippen molar-refractivity contribution in [2.45, 2.75) is 71.4 Å². The molecule has 2 bridgehead atoms. The predicted octanol–water partition coefficient (Wildman–Crippen LogP) is 3.76. The van der Waals surface area contributed by atoms with Crippen molar-refractivity contribution in [1.82, 2.24) is 10.4 Å². The van der Waals surface area contributed by atoms with Gasteiger partial charge in [-0.3, -0.25) is 9.63 Å². The molecule has 3 saturated carbocycles. The number of carbonyl (C=O) groups is 2. The Balaban J connectivity index is 1.45. The zero-order valence-electron chi connectivity index (χ0n) is 25.8. The minimum atomic E-state index is -1.04. The second kappa shape index (κ2) is 12.1. The van der Waals surface area contributed by atoms with E-state index in [1.54, 1.807) is 38.3 Å². The molecule has 4 fully saturated rings. The van der Waals surface area contributed by atoms with Gasteiger partial charge in [-0.05, 0) is 66.7 Å². The number of anilines is 1. The summed E-state index contributed by atoms with van der Waals surface area (Å²) >= 11 is 0. The fourth-order valence-electron chi connectivity index (χ4n) is 7.88. The van der Waals surface area contributed by atoms with Crippen molar-refractivity contribution in [2.75, 3.05) is 26.1 Å². The largest absolute Gasteiger partial charge is 0.496 e. The van der Waals surface area contributed by atoms with Crippen molar-refractivity contribution in [3.63, 3.8) is 0 Å². The molecule has 10 nitrogen and oxygen atoms in total. The first-order valence-electron chi connectivity index (χ1n) is 15.2. The van der Waals surface area contributed by atoms with Gasteiger partial charge in [-0.25, -0.2) is 4.79 Å². The predicted molar refractivity (Wildman–Crippen MR) is 162 cm³/mol. The van der Waals surface area contributed by atoms with Crippen LogP contribution in [0.2, 0.25) is 0 Å². The summed E-state index contributed by atoms with van der Waals surface area (Å²) in [4.78, 5) is 32.0. The summed E-state index contributed by atoms with van der Waals surface area (Å²) in [7, 11) is 3.27. The smallest absolute Gasteiger partial charge is 0.335 e. The van der Waals surface area contributed by atoms with Crippen LogP contribution in [0, 0.1) is 29.1 Å². The standard InChI is InChI=1S/C33H45N3O7/c1-17-25-13-22(33(25,3)4)14-26(17)35-31(39)29-28(18(2)38)27(16-37)43-36(29)15-19-8-7-9-24(30(19)42-6)20-10-21(32(40)41)12-23(11-20)34-5/h7-12,17-18,22,25-29,34,37-38H,13-16H2,1-6H3,(H,35,39)(H,40,41)/t17-,18-,22+,25-,26-,27-,28+,29-/m0/s1. The summed E-state index contributed by atoms with van der Waals surface area (Å²) in [6.07, 6.45) is 0.461. The van der Waals surface area contributed by atoms with Crippen molar-refractivity contribution in [3.8, 4) is 16.9 Å². The van der Waals surface area contributed by atoms with Gasteiger partial charge in [-0.1, -0.05) is 39.0 Å². The number of amides is 1. The lowest BCUT2D eigenvalue weighted by Crippen LogP contribution is -2.62. The van der Waals surface area contributed by atoms with E-state index in [-0.39, 0.29) is 36.1 Å². The van der Waals surface area contributed by atoms with Crippen molar-refractivity contribution in [2.24, 2.45) is 29.1 Å². The van der Waals surface area contributed by atoms with Crippen LogP contribution in [0.1, 0.15) is 56.5 Å². The number of carbonyl (C=O) groups excluding carboxylic acids is 1. The van der Waals surface area contributed by atoms with Gasteiger partial charge < -0.3 is 30.7 Å². The molecule has 4 aliphatic rings. The lowest BCUT2D eigenvalue weighted by Gasteiger charge is -2.62. The third kappa shape index (κ3) is 5.61. The number of ether oxygens (including phenoxy) is 1. The Morgan fingerprint density at radius 1 is 1.21 bits per heavy atom. The molecule has 0 spiro atoms. The van der Waals surface area contributed by atoms with Gasteiger partial charge in [0.2, 0.25) is 5.91 Å². The van der Waals surface area contributed by atoms with Crippen molar-refractivity contribution in [3.05, 3.63) is 47.5 Å². The zero-order chi connectivity index (χ0) is 31.2. The van der Waals surface area contributed by atoms with E-state index >= 15 is 0 Å². The van der Waals surface area contributed by atoms with E-state index < -0.39 is 30.1 Å². The van der Waals surface area contributed by atoms with Crippen LogP contribution < -0.4 is 15.4 Å². The van der Waals surface area contributed by atoms with E-state index in [1.165, 1.54) is 6.42 Å². The topological polar surface area (TPSA) is 141 Å². The van der Waals surface area contributed by atoms with Crippen molar-refractivity contribution < 1.29 is 34.5 Å². The summed E-state index contributed by atoms with van der Waals surface area (Å²) in [5, 5.41) is 38.5. The Morgan fingerprint density at radius 2 is 1.95 bits per heavy atom. The maximum absolute atomic E-state index is 14.0. The average molecular weight is 596 g/mol. The quantitative estimate of drug-likeness (QED) is 0.278. The fraction of sp³-hybridized carbons (Fsp3) is 0.576. The number of rotatable bonds is 10. The molecule has 6 rings (SSSR count). The molecule has 43 heavy (non-hydrogen) atoms. The molecule has 5 N–H and O–H groups in total. The van der Waals surface area contributed by atoms with Gasteiger partial charge in [0.15, 0.2) is 0 Å². The second-order valence-corrected chi connectivity index (χ2v) is 13.1. The molecule has 1 aliphatic heterocycles. The molecule has 234 valence electrons. The fourth-order valence-corrected chi connectivity index (χ4v) is 7.88. The Labute approximate surface area is 253 Å². The van der Waals surface area contributed by atoms with E-state index in [4.69, 9.17) is 9.57 Å². The summed E-state index contributed by atoms with van der Waals surface area (Å²) in [6.45, 7) is 8.28. The molecule has 2 aromatic carbocycles. The molecule has 1 saturated heterocycles. The van der Waals surface area contributed by atoms with E-state index in [0.29, 0.717) is 45.9 Å². The third-order valence-electron chi connectivity index (χ3n) is 10.5. The number of aromatic carboxylic acids is 1. The number of benzene rings is 2. The SMILES string of the molecule is CNc1cc(C(=O)O)cc(-c2cccc(CN3O[C@@H](CO)[C@@H]([C@H](C)O)[C@H]3C(=O)N[C@H]3C[C@H]4C[C@@H]([C@@H]3C)C4(C)C)c2OC)c1. The van der Waals surface area contributed by atoms with Crippen LogP contribution >= 0.6 is 0 Å². The second-order valence-electron chi connectivity index (χ2n) is 13.1. The number of aliphatic hydroxyl groups excluding tert-OH is 2. The first-order chi connectivity index (χ1) is 20.4. The molecule has 0 radical (unpaired) electrons. The maximum atomic E-state index is 14.0. The van der Waals surface area contributed by atoms with E-state index in [1.807, 2.05) is 24.3 Å². The van der Waals surface area contributed by atoms with E-state index in [2.05, 4.69) is 31.4 Å². The van der Waals surface area contributed by atoms with Crippen LogP contribution in [0.3, 0.4) is 0 Å². The van der Waals surface area contributed by atoms with Crippen molar-refractivity contribution >= 4 is 17.6 Å². The highest BCUT2D eigenvalue weighted by molar-refractivity contribution is 5.92. The molecule has 1 amide bonds. The van der Waals surface area contributed by atoms with Crippen LogP contribution in [0.4, 0.5) is 5.69 Å². The number of methoxy groups -OCH3 is 1. The lowest BCUT2D eigenvalue weighted by molar-refractivity contribution is -0.183. The van der Waals surface area contributed by atoms with Crippen LogP contribution in [0.15, 0.2) is 36.4 Å². The van der Waals surface area contributed by atoms with E-state index in [0.717, 1.165) is 6.42 Å². The molecule has 8 atom stereocenters. The number of hydroxylamine groups is 2. The molecular weight excluding hydrogens is 550 g/mol. The van der Waals surface area contributed by atoms with Crippen LogP contribution in [0.25, 0.3) is 11.1 Å². The minimum Gasteiger partial charge on any atom is -0.496 e.